The second-order valence-corrected chi connectivity index (χ2v) is 9.87. The molecule has 180 valence electrons. The fraction of sp³-hybridized carbons (Fsp3) is 0.308. The van der Waals surface area contributed by atoms with E-state index in [9.17, 15) is 14.4 Å². The molecule has 2 aliphatic carbocycles. The zero-order valence-corrected chi connectivity index (χ0v) is 19.8. The van der Waals surface area contributed by atoms with Crippen LogP contribution in [-0.4, -0.2) is 41.2 Å². The smallest absolute Gasteiger partial charge is 0.407 e. The maximum atomic E-state index is 12.9. The SMILES string of the molecule is O=C(NCC1(C(=O)NCc2nc(C(=O)O)cs2)CCC1)OCC1c2ccccc2-c2ccccc21. The van der Waals surface area contributed by atoms with Crippen molar-refractivity contribution in [2.75, 3.05) is 13.2 Å². The molecule has 0 spiro atoms. The Morgan fingerprint density at radius 3 is 2.26 bits per heavy atom. The molecule has 0 radical (unpaired) electrons. The fourth-order valence-corrected chi connectivity index (χ4v) is 5.52. The molecule has 1 heterocycles. The number of carboxylic acid groups (broad SMARTS) is 1. The first-order valence-electron chi connectivity index (χ1n) is 11.5. The standard InChI is InChI=1S/C26H25N3O5S/c30-23(31)21-14-35-22(29-21)12-27-24(32)26(10-5-11-26)15-28-25(33)34-13-20-18-8-3-1-6-16(18)17-7-2-4-9-19(17)20/h1-4,6-9,14,20H,5,10-13,15H2,(H,27,32)(H,28,33)(H,30,31). The van der Waals surface area contributed by atoms with Crippen LogP contribution >= 0.6 is 11.3 Å². The lowest BCUT2D eigenvalue weighted by molar-refractivity contribution is -0.135. The summed E-state index contributed by atoms with van der Waals surface area (Å²) in [6.07, 6.45) is 1.69. The van der Waals surface area contributed by atoms with Crippen LogP contribution in [0.15, 0.2) is 53.9 Å². The third-order valence-corrected chi connectivity index (χ3v) is 7.73. The summed E-state index contributed by atoms with van der Waals surface area (Å²) < 4.78 is 5.59. The summed E-state index contributed by atoms with van der Waals surface area (Å²) in [5.41, 5.74) is 3.90. The van der Waals surface area contributed by atoms with Gasteiger partial charge in [0.1, 0.15) is 11.6 Å². The largest absolute Gasteiger partial charge is 0.476 e. The van der Waals surface area contributed by atoms with Gasteiger partial charge in [-0.05, 0) is 35.1 Å². The summed E-state index contributed by atoms with van der Waals surface area (Å²) in [5, 5.41) is 16.6. The number of nitrogens with zero attached hydrogens (tertiary/aromatic N) is 1. The van der Waals surface area contributed by atoms with Crippen LogP contribution in [0.2, 0.25) is 0 Å². The fourth-order valence-electron chi connectivity index (χ4n) is 4.81. The molecule has 1 fully saturated rings. The van der Waals surface area contributed by atoms with Gasteiger partial charge >= 0.3 is 12.1 Å². The molecule has 5 rings (SSSR count). The van der Waals surface area contributed by atoms with Crippen LogP contribution < -0.4 is 10.6 Å². The number of ether oxygens (including phenoxy) is 1. The van der Waals surface area contributed by atoms with E-state index in [2.05, 4.69) is 39.9 Å². The maximum absolute atomic E-state index is 12.9. The van der Waals surface area contributed by atoms with Gasteiger partial charge in [0, 0.05) is 17.8 Å². The van der Waals surface area contributed by atoms with Crippen molar-refractivity contribution < 1.29 is 24.2 Å². The van der Waals surface area contributed by atoms with Gasteiger partial charge in [-0.3, -0.25) is 4.79 Å². The summed E-state index contributed by atoms with van der Waals surface area (Å²) in [7, 11) is 0. The monoisotopic (exact) mass is 491 g/mol. The van der Waals surface area contributed by atoms with Crippen molar-refractivity contribution >= 4 is 29.3 Å². The summed E-state index contributed by atoms with van der Waals surface area (Å²) >= 11 is 1.19. The first kappa shape index (κ1) is 23.0. The van der Waals surface area contributed by atoms with Gasteiger partial charge in [-0.15, -0.1) is 11.3 Å². The highest BCUT2D eigenvalue weighted by Gasteiger charge is 2.44. The number of benzene rings is 2. The highest BCUT2D eigenvalue weighted by Crippen LogP contribution is 2.44. The van der Waals surface area contributed by atoms with Crippen LogP contribution in [0.5, 0.6) is 0 Å². The predicted molar refractivity (Wildman–Crippen MR) is 130 cm³/mol. The molecule has 2 aliphatic rings. The van der Waals surface area contributed by atoms with Crippen LogP contribution in [-0.2, 0) is 16.1 Å². The molecule has 0 unspecified atom stereocenters. The summed E-state index contributed by atoms with van der Waals surface area (Å²) in [6.45, 7) is 0.562. The Kier molecular flexibility index (Phi) is 6.25. The Hall–Kier alpha value is -3.72. The van der Waals surface area contributed by atoms with Crippen molar-refractivity contribution in [3.8, 4) is 11.1 Å². The minimum atomic E-state index is -1.10. The van der Waals surface area contributed by atoms with E-state index in [4.69, 9.17) is 9.84 Å². The van der Waals surface area contributed by atoms with E-state index in [0.29, 0.717) is 17.8 Å². The molecule has 2 amide bonds. The molecule has 3 N–H and O–H groups in total. The van der Waals surface area contributed by atoms with Crippen molar-refractivity contribution in [2.24, 2.45) is 5.41 Å². The minimum absolute atomic E-state index is 0.0249. The van der Waals surface area contributed by atoms with Gasteiger partial charge in [0.25, 0.3) is 0 Å². The number of amides is 2. The van der Waals surface area contributed by atoms with Crippen molar-refractivity contribution in [1.29, 1.82) is 0 Å². The number of carbonyl (C=O) groups is 3. The van der Waals surface area contributed by atoms with Crippen LogP contribution in [0.1, 0.15) is 51.8 Å². The molecule has 1 saturated carbocycles. The van der Waals surface area contributed by atoms with Crippen LogP contribution in [0, 0.1) is 5.41 Å². The van der Waals surface area contributed by atoms with Crippen molar-refractivity contribution in [1.82, 2.24) is 15.6 Å². The van der Waals surface area contributed by atoms with Crippen LogP contribution in [0.4, 0.5) is 4.79 Å². The molecule has 0 atom stereocenters. The van der Waals surface area contributed by atoms with Gasteiger partial charge in [-0.1, -0.05) is 55.0 Å². The Labute approximate surface area is 206 Å². The molecule has 0 saturated heterocycles. The Bertz CT molecular complexity index is 1240. The van der Waals surface area contributed by atoms with Crippen molar-refractivity contribution in [3.63, 3.8) is 0 Å². The number of thiazole rings is 1. The summed E-state index contributed by atoms with van der Waals surface area (Å²) in [4.78, 5) is 40.4. The van der Waals surface area contributed by atoms with Gasteiger partial charge in [0.05, 0.1) is 12.0 Å². The number of rotatable bonds is 8. The molecule has 2 aromatic carbocycles. The second kappa shape index (κ2) is 9.50. The number of nitrogens with one attached hydrogen (secondary N) is 2. The topological polar surface area (TPSA) is 118 Å². The molecule has 1 aromatic heterocycles. The number of alkyl carbamates (subject to hydrolysis) is 1. The number of hydrogen-bond donors (Lipinski definition) is 3. The second-order valence-electron chi connectivity index (χ2n) is 8.93. The van der Waals surface area contributed by atoms with E-state index in [1.165, 1.54) is 16.7 Å². The number of aromatic nitrogens is 1. The summed E-state index contributed by atoms with van der Waals surface area (Å²) in [5.74, 6) is -1.29. The Morgan fingerprint density at radius 1 is 1.03 bits per heavy atom. The van der Waals surface area contributed by atoms with Gasteiger partial charge in [0.15, 0.2) is 5.69 Å². The lowest BCUT2D eigenvalue weighted by Gasteiger charge is -2.40. The minimum Gasteiger partial charge on any atom is -0.476 e. The Morgan fingerprint density at radius 2 is 1.69 bits per heavy atom. The number of aromatic carboxylic acids is 1. The zero-order chi connectivity index (χ0) is 24.4. The highest BCUT2D eigenvalue weighted by atomic mass is 32.1. The maximum Gasteiger partial charge on any atom is 0.407 e. The average Bonchev–Trinajstić information content (AvgIpc) is 3.44. The molecule has 35 heavy (non-hydrogen) atoms. The number of fused-ring (bicyclic) bond motifs is 3. The lowest BCUT2D eigenvalue weighted by atomic mass is 9.68. The number of carbonyl (C=O) groups excluding carboxylic acids is 2. The van der Waals surface area contributed by atoms with E-state index < -0.39 is 17.5 Å². The van der Waals surface area contributed by atoms with E-state index in [1.54, 1.807) is 0 Å². The molecule has 9 heteroatoms. The van der Waals surface area contributed by atoms with E-state index in [-0.39, 0.29) is 37.2 Å². The van der Waals surface area contributed by atoms with Crippen molar-refractivity contribution in [2.45, 2.75) is 31.7 Å². The van der Waals surface area contributed by atoms with E-state index in [1.807, 2.05) is 24.3 Å². The quantitative estimate of drug-likeness (QED) is 0.435. The van der Waals surface area contributed by atoms with Crippen molar-refractivity contribution in [3.05, 3.63) is 75.7 Å². The van der Waals surface area contributed by atoms with E-state index in [0.717, 1.165) is 28.7 Å². The summed E-state index contributed by atoms with van der Waals surface area (Å²) in [6, 6.07) is 16.3. The normalized spacial score (nSPS) is 15.4. The van der Waals surface area contributed by atoms with E-state index >= 15 is 0 Å². The third kappa shape index (κ3) is 4.51. The molecule has 8 nitrogen and oxygen atoms in total. The lowest BCUT2D eigenvalue weighted by Crippen LogP contribution is -2.52. The van der Waals surface area contributed by atoms with Gasteiger partial charge in [-0.25, -0.2) is 14.6 Å². The number of carboxylic acids is 1. The Balaban J connectivity index is 1.15. The molecular weight excluding hydrogens is 466 g/mol. The number of hydrogen-bond acceptors (Lipinski definition) is 6. The third-order valence-electron chi connectivity index (χ3n) is 6.88. The van der Waals surface area contributed by atoms with Crippen LogP contribution in [0.3, 0.4) is 0 Å². The first-order chi connectivity index (χ1) is 17.0. The molecule has 0 aliphatic heterocycles. The molecular formula is C26H25N3O5S. The zero-order valence-electron chi connectivity index (χ0n) is 19.0. The predicted octanol–water partition coefficient (Wildman–Crippen LogP) is 4.17. The van der Waals surface area contributed by atoms with Gasteiger partial charge in [0.2, 0.25) is 5.91 Å². The molecule has 0 bridgehead atoms. The van der Waals surface area contributed by atoms with Gasteiger partial charge in [-0.2, -0.15) is 0 Å². The average molecular weight is 492 g/mol. The highest BCUT2D eigenvalue weighted by molar-refractivity contribution is 7.09. The first-order valence-corrected chi connectivity index (χ1v) is 12.4. The molecule has 3 aromatic rings. The van der Waals surface area contributed by atoms with Gasteiger partial charge < -0.3 is 20.5 Å². The van der Waals surface area contributed by atoms with Crippen LogP contribution in [0.25, 0.3) is 11.1 Å².